The van der Waals surface area contributed by atoms with E-state index in [1.165, 1.54) is 28.4 Å². The topological polar surface area (TPSA) is 56.5 Å². The Morgan fingerprint density at radius 3 is 2.44 bits per heavy atom. The van der Waals surface area contributed by atoms with Gasteiger partial charge >= 0.3 is 12.1 Å². The standard InChI is InChI=1S/C24H19ClF3N3O2S/c1-3-33-23(32)20-19(13-34-2)30-31-21(14-8-10-15(11-9-14)24(26,27)28)17(12-29-22(20)31)16-6-4-5-7-18(16)25/h4-12H,3,13H2,1-2H3. The Morgan fingerprint density at radius 1 is 1.12 bits per heavy atom. The number of carbonyl (C=O) groups excluding carboxylic acids is 1. The van der Waals surface area contributed by atoms with E-state index in [1.54, 1.807) is 37.4 Å². The number of benzene rings is 2. The van der Waals surface area contributed by atoms with E-state index in [2.05, 4.69) is 10.1 Å². The lowest BCUT2D eigenvalue weighted by atomic mass is 9.99. The van der Waals surface area contributed by atoms with E-state index in [9.17, 15) is 18.0 Å². The van der Waals surface area contributed by atoms with Crippen LogP contribution in [0.4, 0.5) is 13.2 Å². The fourth-order valence-corrected chi connectivity index (χ4v) is 4.36. The second-order valence-corrected chi connectivity index (χ2v) is 8.56. The number of nitrogens with zero attached hydrogens (tertiary/aromatic N) is 3. The number of hydrogen-bond acceptors (Lipinski definition) is 5. The number of esters is 1. The number of carbonyl (C=O) groups is 1. The van der Waals surface area contributed by atoms with Crippen LogP contribution in [0.1, 0.15) is 28.5 Å². The van der Waals surface area contributed by atoms with E-state index in [0.29, 0.717) is 38.9 Å². The van der Waals surface area contributed by atoms with Gasteiger partial charge in [-0.1, -0.05) is 41.9 Å². The second kappa shape index (κ2) is 9.68. The van der Waals surface area contributed by atoms with Crippen molar-refractivity contribution in [2.45, 2.75) is 18.9 Å². The van der Waals surface area contributed by atoms with Crippen LogP contribution in [-0.2, 0) is 16.7 Å². The number of rotatable bonds is 6. The van der Waals surface area contributed by atoms with Crippen molar-refractivity contribution in [1.29, 1.82) is 0 Å². The molecule has 0 N–H and O–H groups in total. The summed E-state index contributed by atoms with van der Waals surface area (Å²) in [6.07, 6.45) is -1.04. The van der Waals surface area contributed by atoms with Crippen molar-refractivity contribution in [2.24, 2.45) is 0 Å². The van der Waals surface area contributed by atoms with Gasteiger partial charge in [0.2, 0.25) is 0 Å². The number of alkyl halides is 3. The van der Waals surface area contributed by atoms with E-state index in [1.807, 2.05) is 6.26 Å². The van der Waals surface area contributed by atoms with E-state index in [-0.39, 0.29) is 17.8 Å². The number of hydrogen-bond donors (Lipinski definition) is 0. The first kappa shape index (κ1) is 24.1. The third-order valence-electron chi connectivity index (χ3n) is 5.13. The molecule has 0 saturated carbocycles. The molecule has 0 fully saturated rings. The fraction of sp³-hybridized carbons (Fsp3) is 0.208. The zero-order valence-corrected chi connectivity index (χ0v) is 19.8. The summed E-state index contributed by atoms with van der Waals surface area (Å²) in [5.41, 5.74) is 2.32. The van der Waals surface area contributed by atoms with Gasteiger partial charge in [0.05, 0.1) is 23.6 Å². The minimum Gasteiger partial charge on any atom is -0.462 e. The molecule has 5 nitrogen and oxygen atoms in total. The number of halogens is 4. The molecule has 0 unspecified atom stereocenters. The van der Waals surface area contributed by atoms with E-state index >= 15 is 0 Å². The molecule has 0 aliphatic heterocycles. The first-order chi connectivity index (χ1) is 16.3. The molecule has 0 aliphatic rings. The Morgan fingerprint density at radius 2 is 1.82 bits per heavy atom. The quantitative estimate of drug-likeness (QED) is 0.270. The first-order valence-corrected chi connectivity index (χ1v) is 12.0. The lowest BCUT2D eigenvalue weighted by Gasteiger charge is -2.14. The van der Waals surface area contributed by atoms with Gasteiger partial charge in [-0.2, -0.15) is 30.0 Å². The molecule has 0 bridgehead atoms. The van der Waals surface area contributed by atoms with Gasteiger partial charge in [0.15, 0.2) is 5.65 Å². The van der Waals surface area contributed by atoms with E-state index in [4.69, 9.17) is 16.3 Å². The molecule has 0 amide bonds. The zero-order chi connectivity index (χ0) is 24.5. The Labute approximate surface area is 202 Å². The van der Waals surface area contributed by atoms with Gasteiger partial charge in [0.1, 0.15) is 5.56 Å². The number of aromatic nitrogens is 3. The summed E-state index contributed by atoms with van der Waals surface area (Å²) in [7, 11) is 0. The summed E-state index contributed by atoms with van der Waals surface area (Å²) in [5, 5.41) is 5.08. The van der Waals surface area contributed by atoms with Crippen molar-refractivity contribution < 1.29 is 22.7 Å². The molecule has 0 saturated heterocycles. The summed E-state index contributed by atoms with van der Waals surface area (Å²) in [6.45, 7) is 1.88. The molecule has 0 atom stereocenters. The van der Waals surface area contributed by atoms with Crippen molar-refractivity contribution in [1.82, 2.24) is 14.6 Å². The minimum atomic E-state index is -4.47. The van der Waals surface area contributed by atoms with Crippen LogP contribution in [0.3, 0.4) is 0 Å². The van der Waals surface area contributed by atoms with Crippen LogP contribution >= 0.6 is 23.4 Å². The van der Waals surface area contributed by atoms with Gasteiger partial charge in [0.25, 0.3) is 0 Å². The molecule has 2 aromatic heterocycles. The molecule has 4 aromatic rings. The lowest BCUT2D eigenvalue weighted by molar-refractivity contribution is -0.137. The molecule has 4 rings (SSSR count). The van der Waals surface area contributed by atoms with Crippen LogP contribution in [0.2, 0.25) is 5.02 Å². The molecule has 2 aromatic carbocycles. The second-order valence-electron chi connectivity index (χ2n) is 7.29. The zero-order valence-electron chi connectivity index (χ0n) is 18.2. The summed E-state index contributed by atoms with van der Waals surface area (Å²) in [6, 6.07) is 11.8. The van der Waals surface area contributed by atoms with Gasteiger partial charge in [-0.15, -0.1) is 0 Å². The molecule has 176 valence electrons. The Hall–Kier alpha value is -3.04. The van der Waals surface area contributed by atoms with Crippen molar-refractivity contribution in [3.63, 3.8) is 0 Å². The van der Waals surface area contributed by atoms with Gasteiger partial charge in [-0.25, -0.2) is 14.3 Å². The molecule has 34 heavy (non-hydrogen) atoms. The lowest BCUT2D eigenvalue weighted by Crippen LogP contribution is -2.08. The maximum atomic E-state index is 13.2. The average Bonchev–Trinajstić information content (AvgIpc) is 3.17. The molecule has 0 radical (unpaired) electrons. The smallest absolute Gasteiger partial charge is 0.416 e. The summed E-state index contributed by atoms with van der Waals surface area (Å²) in [5.74, 6) is -0.135. The average molecular weight is 506 g/mol. The number of ether oxygens (including phenoxy) is 1. The third kappa shape index (κ3) is 4.50. The SMILES string of the molecule is CCOC(=O)c1c(CSC)nn2c(-c3ccc(C(F)(F)F)cc3)c(-c3ccccc3Cl)cnc12. The van der Waals surface area contributed by atoms with E-state index < -0.39 is 17.7 Å². The minimum absolute atomic E-state index is 0.179. The Balaban J connectivity index is 2.05. The Bertz CT molecular complexity index is 1350. The van der Waals surface area contributed by atoms with Crippen molar-refractivity contribution >= 4 is 35.0 Å². The summed E-state index contributed by atoms with van der Waals surface area (Å²) >= 11 is 7.92. The van der Waals surface area contributed by atoms with Gasteiger partial charge in [-0.3, -0.25) is 0 Å². The molecule has 10 heteroatoms. The van der Waals surface area contributed by atoms with Crippen LogP contribution in [0.25, 0.3) is 28.0 Å². The fourth-order valence-electron chi connectivity index (χ4n) is 3.65. The van der Waals surface area contributed by atoms with Gasteiger partial charge in [-0.05, 0) is 31.4 Å². The highest BCUT2D eigenvalue weighted by atomic mass is 35.5. The van der Waals surface area contributed by atoms with Crippen LogP contribution < -0.4 is 0 Å². The van der Waals surface area contributed by atoms with Gasteiger partial charge in [0, 0.05) is 33.7 Å². The maximum Gasteiger partial charge on any atom is 0.416 e. The number of fused-ring (bicyclic) bond motifs is 1. The van der Waals surface area contributed by atoms with E-state index in [0.717, 1.165) is 12.1 Å². The predicted octanol–water partition coefficient (Wildman–Crippen LogP) is 6.78. The number of thioether (sulfide) groups is 1. The van der Waals surface area contributed by atoms with Crippen molar-refractivity contribution in [3.8, 4) is 22.4 Å². The highest BCUT2D eigenvalue weighted by Gasteiger charge is 2.31. The third-order valence-corrected chi connectivity index (χ3v) is 6.02. The monoisotopic (exact) mass is 505 g/mol. The first-order valence-electron chi connectivity index (χ1n) is 10.3. The van der Waals surface area contributed by atoms with Crippen molar-refractivity contribution in [3.05, 3.63) is 76.6 Å². The highest BCUT2D eigenvalue weighted by molar-refractivity contribution is 7.97. The molecule has 0 spiro atoms. The van der Waals surface area contributed by atoms with Crippen molar-refractivity contribution in [2.75, 3.05) is 12.9 Å². The highest BCUT2D eigenvalue weighted by Crippen LogP contribution is 2.38. The van der Waals surface area contributed by atoms with Gasteiger partial charge < -0.3 is 4.74 Å². The predicted molar refractivity (Wildman–Crippen MR) is 127 cm³/mol. The van der Waals surface area contributed by atoms with Crippen LogP contribution in [-0.4, -0.2) is 33.4 Å². The van der Waals surface area contributed by atoms with Crippen LogP contribution in [0.5, 0.6) is 0 Å². The summed E-state index contributed by atoms with van der Waals surface area (Å²) in [4.78, 5) is 17.3. The largest absolute Gasteiger partial charge is 0.462 e. The normalized spacial score (nSPS) is 11.7. The van der Waals surface area contributed by atoms with Crippen LogP contribution in [0.15, 0.2) is 54.7 Å². The molecular weight excluding hydrogens is 487 g/mol. The molecule has 2 heterocycles. The Kier molecular flexibility index (Phi) is 6.86. The summed E-state index contributed by atoms with van der Waals surface area (Å²) < 4.78 is 46.2. The van der Waals surface area contributed by atoms with Crippen LogP contribution in [0, 0.1) is 0 Å². The molecular formula is C24H19ClF3N3O2S. The molecule has 0 aliphatic carbocycles. The maximum absolute atomic E-state index is 13.2.